The Labute approximate surface area is 236 Å². The van der Waals surface area contributed by atoms with Gasteiger partial charge in [0.25, 0.3) is 11.7 Å². The van der Waals surface area contributed by atoms with Crippen LogP contribution < -0.4 is 14.2 Å². The smallest absolute Gasteiger partial charge is 0.295 e. The van der Waals surface area contributed by atoms with Crippen LogP contribution in [0.4, 0.5) is 0 Å². The Balaban J connectivity index is 1.71. The van der Waals surface area contributed by atoms with Gasteiger partial charge in [-0.05, 0) is 73.6 Å². The first-order valence-electron chi connectivity index (χ1n) is 14.3. The molecule has 0 saturated carbocycles. The van der Waals surface area contributed by atoms with E-state index in [1.165, 1.54) is 4.90 Å². The minimum atomic E-state index is -0.803. The third kappa shape index (κ3) is 6.78. The van der Waals surface area contributed by atoms with Gasteiger partial charge in [-0.3, -0.25) is 9.59 Å². The van der Waals surface area contributed by atoms with E-state index in [1.54, 1.807) is 43.5 Å². The van der Waals surface area contributed by atoms with Crippen molar-refractivity contribution in [3.05, 3.63) is 59.2 Å². The van der Waals surface area contributed by atoms with Crippen LogP contribution in [0.25, 0.3) is 5.76 Å². The number of Topliss-reactive ketones (excluding diaryl/α,β-unsaturated/α-hetero) is 1. The number of ketones is 1. The molecule has 2 fully saturated rings. The van der Waals surface area contributed by atoms with Crippen molar-refractivity contribution in [1.29, 1.82) is 0 Å². The van der Waals surface area contributed by atoms with E-state index in [9.17, 15) is 14.7 Å². The van der Waals surface area contributed by atoms with Gasteiger partial charge in [0.15, 0.2) is 11.5 Å². The number of rotatable bonds is 13. The van der Waals surface area contributed by atoms with E-state index in [2.05, 4.69) is 20.8 Å². The topological polar surface area (TPSA) is 94.5 Å². The molecule has 8 nitrogen and oxygen atoms in total. The summed E-state index contributed by atoms with van der Waals surface area (Å²) in [4.78, 5) is 28.3. The summed E-state index contributed by atoms with van der Waals surface area (Å²) in [7, 11) is 1.56. The molecule has 2 aliphatic rings. The summed E-state index contributed by atoms with van der Waals surface area (Å²) in [5, 5.41) is 11.4. The number of carbonyl (C=O) groups is 2. The molecule has 4 rings (SSSR count). The van der Waals surface area contributed by atoms with Gasteiger partial charge in [0.05, 0.1) is 38.0 Å². The zero-order valence-electron chi connectivity index (χ0n) is 24.0. The number of hydrogen-bond donors (Lipinski definition) is 1. The number of amides is 1. The minimum absolute atomic E-state index is 0.0400. The van der Waals surface area contributed by atoms with Crippen molar-refractivity contribution in [1.82, 2.24) is 4.90 Å². The van der Waals surface area contributed by atoms with Crippen LogP contribution in [0.3, 0.4) is 0 Å². The van der Waals surface area contributed by atoms with Crippen molar-refractivity contribution in [3.63, 3.8) is 0 Å². The maximum Gasteiger partial charge on any atom is 0.295 e. The van der Waals surface area contributed by atoms with Crippen molar-refractivity contribution >= 4 is 17.4 Å². The Morgan fingerprint density at radius 3 is 2.50 bits per heavy atom. The van der Waals surface area contributed by atoms with Crippen LogP contribution in [0.1, 0.15) is 70.0 Å². The molecular formula is C32H41NO7. The molecule has 1 N–H and O–H groups in total. The third-order valence-electron chi connectivity index (χ3n) is 7.31. The molecule has 0 aliphatic carbocycles. The van der Waals surface area contributed by atoms with Gasteiger partial charge >= 0.3 is 0 Å². The molecule has 2 heterocycles. The standard InChI is InChI=1S/C32H41NO7/c1-5-6-16-38-24-12-9-22(10-13-24)30(34)28-29(33(32(36)31(28)35)20-25-8-7-17-39-25)23-11-14-26(27(19-23)37-4)40-18-15-21(2)3/h9-14,19,21,25,29,34H,5-8,15-18,20H2,1-4H3/t25-,29-/m0/s1. The number of aliphatic hydroxyl groups is 1. The first-order valence-corrected chi connectivity index (χ1v) is 14.3. The highest BCUT2D eigenvalue weighted by Crippen LogP contribution is 2.42. The number of aliphatic hydroxyl groups excluding tert-OH is 1. The Morgan fingerprint density at radius 1 is 1.07 bits per heavy atom. The van der Waals surface area contributed by atoms with Gasteiger partial charge in [-0.1, -0.05) is 33.3 Å². The van der Waals surface area contributed by atoms with E-state index in [1.807, 2.05) is 6.07 Å². The van der Waals surface area contributed by atoms with Crippen molar-refractivity contribution in [2.75, 3.05) is 33.5 Å². The molecular weight excluding hydrogens is 510 g/mol. The van der Waals surface area contributed by atoms with Crippen molar-refractivity contribution < 1.29 is 33.6 Å². The zero-order valence-corrected chi connectivity index (χ0v) is 24.0. The second-order valence-electron chi connectivity index (χ2n) is 10.8. The number of carbonyl (C=O) groups excluding carboxylic acids is 2. The zero-order chi connectivity index (χ0) is 28.6. The number of ether oxygens (including phenoxy) is 4. The van der Waals surface area contributed by atoms with Gasteiger partial charge in [0.2, 0.25) is 0 Å². The highest BCUT2D eigenvalue weighted by atomic mass is 16.5. The lowest BCUT2D eigenvalue weighted by molar-refractivity contribution is -0.140. The average Bonchev–Trinajstić information content (AvgIpc) is 3.55. The maximum absolute atomic E-state index is 13.4. The molecule has 40 heavy (non-hydrogen) atoms. The summed E-state index contributed by atoms with van der Waals surface area (Å²) in [5.74, 6) is 0.657. The molecule has 2 aromatic carbocycles. The number of benzene rings is 2. The Bertz CT molecular complexity index is 1200. The van der Waals surface area contributed by atoms with E-state index in [0.717, 1.165) is 32.1 Å². The van der Waals surface area contributed by atoms with Gasteiger partial charge in [-0.15, -0.1) is 0 Å². The highest BCUT2D eigenvalue weighted by Gasteiger charge is 2.47. The average molecular weight is 552 g/mol. The minimum Gasteiger partial charge on any atom is -0.507 e. The number of methoxy groups -OCH3 is 1. The van der Waals surface area contributed by atoms with Crippen LogP contribution >= 0.6 is 0 Å². The lowest BCUT2D eigenvalue weighted by atomic mass is 9.94. The first kappa shape index (κ1) is 29.5. The lowest BCUT2D eigenvalue weighted by Crippen LogP contribution is -2.36. The van der Waals surface area contributed by atoms with E-state index < -0.39 is 17.7 Å². The Morgan fingerprint density at radius 2 is 1.85 bits per heavy atom. The molecule has 2 saturated heterocycles. The van der Waals surface area contributed by atoms with Gasteiger partial charge in [0, 0.05) is 18.7 Å². The highest BCUT2D eigenvalue weighted by molar-refractivity contribution is 6.46. The molecule has 2 aliphatic heterocycles. The normalized spacial score (nSPS) is 20.4. The number of unbranched alkanes of at least 4 members (excludes halogenated alkanes) is 1. The fraction of sp³-hybridized carbons (Fsp3) is 0.500. The molecule has 2 aromatic rings. The molecule has 8 heteroatoms. The number of nitrogens with zero attached hydrogens (tertiary/aromatic N) is 1. The fourth-order valence-electron chi connectivity index (χ4n) is 5.00. The molecule has 0 bridgehead atoms. The molecule has 0 spiro atoms. The predicted molar refractivity (Wildman–Crippen MR) is 153 cm³/mol. The second-order valence-corrected chi connectivity index (χ2v) is 10.8. The molecule has 1 amide bonds. The summed E-state index contributed by atoms with van der Waals surface area (Å²) >= 11 is 0. The first-order chi connectivity index (χ1) is 19.3. The fourth-order valence-corrected chi connectivity index (χ4v) is 5.00. The van der Waals surface area contributed by atoms with E-state index in [0.29, 0.717) is 54.1 Å². The van der Waals surface area contributed by atoms with Gasteiger partial charge in [-0.2, -0.15) is 0 Å². The quantitative estimate of drug-likeness (QED) is 0.143. The largest absolute Gasteiger partial charge is 0.507 e. The Hall–Kier alpha value is -3.52. The summed E-state index contributed by atoms with van der Waals surface area (Å²) in [6.45, 7) is 8.39. The third-order valence-corrected chi connectivity index (χ3v) is 7.31. The molecule has 2 atom stereocenters. The molecule has 216 valence electrons. The summed E-state index contributed by atoms with van der Waals surface area (Å²) < 4.78 is 23.1. The number of hydrogen-bond acceptors (Lipinski definition) is 7. The van der Waals surface area contributed by atoms with Crippen molar-refractivity contribution in [2.24, 2.45) is 5.92 Å². The summed E-state index contributed by atoms with van der Waals surface area (Å²) in [6.07, 6.45) is 4.42. The van der Waals surface area contributed by atoms with Crippen LogP contribution in [0, 0.1) is 5.92 Å². The van der Waals surface area contributed by atoms with Gasteiger partial charge in [-0.25, -0.2) is 0 Å². The van der Waals surface area contributed by atoms with Crippen molar-refractivity contribution in [3.8, 4) is 17.2 Å². The lowest BCUT2D eigenvalue weighted by Gasteiger charge is -2.28. The van der Waals surface area contributed by atoms with Crippen LogP contribution in [0.2, 0.25) is 0 Å². The summed E-state index contributed by atoms with van der Waals surface area (Å²) in [5.41, 5.74) is 1.12. The monoisotopic (exact) mass is 551 g/mol. The molecule has 0 aromatic heterocycles. The number of likely N-dealkylation sites (tertiary alicyclic amines) is 1. The van der Waals surface area contributed by atoms with Gasteiger partial charge < -0.3 is 29.0 Å². The van der Waals surface area contributed by atoms with Gasteiger partial charge in [0.1, 0.15) is 11.5 Å². The van der Waals surface area contributed by atoms with Crippen LogP contribution in [0.15, 0.2) is 48.0 Å². The maximum atomic E-state index is 13.4. The molecule has 0 unspecified atom stereocenters. The van der Waals surface area contributed by atoms with Crippen molar-refractivity contribution in [2.45, 2.75) is 65.0 Å². The van der Waals surface area contributed by atoms with Crippen LogP contribution in [0.5, 0.6) is 17.2 Å². The van der Waals surface area contributed by atoms with E-state index >= 15 is 0 Å². The van der Waals surface area contributed by atoms with Crippen LogP contribution in [-0.4, -0.2) is 61.3 Å². The Kier molecular flexibility index (Phi) is 10.1. The predicted octanol–water partition coefficient (Wildman–Crippen LogP) is 5.90. The molecule has 0 radical (unpaired) electrons. The summed E-state index contributed by atoms with van der Waals surface area (Å²) in [6, 6.07) is 11.5. The van der Waals surface area contributed by atoms with E-state index in [-0.39, 0.29) is 24.0 Å². The SMILES string of the molecule is CCCCOc1ccc(C(O)=C2C(=O)C(=O)N(C[C@@H]3CCCO3)[C@H]2c2ccc(OCCC(C)C)c(OC)c2)cc1. The second kappa shape index (κ2) is 13.7. The van der Waals surface area contributed by atoms with Crippen LogP contribution in [-0.2, 0) is 14.3 Å². The van der Waals surface area contributed by atoms with E-state index in [4.69, 9.17) is 18.9 Å².